The lowest BCUT2D eigenvalue weighted by atomic mass is 10.1. The summed E-state index contributed by atoms with van der Waals surface area (Å²) in [7, 11) is 2.05. The van der Waals surface area contributed by atoms with Gasteiger partial charge in [0, 0.05) is 24.8 Å². The SMILES string of the molecule is CCc1cccc(N2CCC[C@H](NC)C2)n1. The number of hydrogen-bond acceptors (Lipinski definition) is 3. The lowest BCUT2D eigenvalue weighted by molar-refractivity contribution is 0.447. The van der Waals surface area contributed by atoms with E-state index in [0.717, 1.165) is 25.3 Å². The minimum atomic E-state index is 0.612. The Morgan fingerprint density at radius 2 is 2.38 bits per heavy atom. The van der Waals surface area contributed by atoms with Gasteiger partial charge in [-0.2, -0.15) is 0 Å². The predicted molar refractivity (Wildman–Crippen MR) is 67.9 cm³/mol. The van der Waals surface area contributed by atoms with E-state index in [4.69, 9.17) is 0 Å². The van der Waals surface area contributed by atoms with Crippen LogP contribution in [0.4, 0.5) is 5.82 Å². The van der Waals surface area contributed by atoms with Crippen molar-refractivity contribution in [1.82, 2.24) is 10.3 Å². The number of aryl methyl sites for hydroxylation is 1. The van der Waals surface area contributed by atoms with Gasteiger partial charge in [-0.15, -0.1) is 0 Å². The number of aromatic nitrogens is 1. The highest BCUT2D eigenvalue weighted by atomic mass is 15.2. The van der Waals surface area contributed by atoms with E-state index in [-0.39, 0.29) is 0 Å². The van der Waals surface area contributed by atoms with Gasteiger partial charge in [0.1, 0.15) is 5.82 Å². The minimum Gasteiger partial charge on any atom is -0.355 e. The lowest BCUT2D eigenvalue weighted by Crippen LogP contribution is -2.44. The Balaban J connectivity index is 2.10. The van der Waals surface area contributed by atoms with Gasteiger partial charge in [-0.05, 0) is 38.4 Å². The zero-order valence-electron chi connectivity index (χ0n) is 10.2. The van der Waals surface area contributed by atoms with Crippen LogP contribution in [0.15, 0.2) is 18.2 Å². The van der Waals surface area contributed by atoms with Crippen molar-refractivity contribution in [3.63, 3.8) is 0 Å². The topological polar surface area (TPSA) is 28.2 Å². The van der Waals surface area contributed by atoms with Crippen molar-refractivity contribution in [2.45, 2.75) is 32.2 Å². The molecule has 2 heterocycles. The quantitative estimate of drug-likeness (QED) is 0.840. The molecule has 1 N–H and O–H groups in total. The van der Waals surface area contributed by atoms with E-state index in [2.05, 4.69) is 40.3 Å². The van der Waals surface area contributed by atoms with Gasteiger partial charge in [0.05, 0.1) is 0 Å². The van der Waals surface area contributed by atoms with Crippen LogP contribution in [0.3, 0.4) is 0 Å². The van der Waals surface area contributed by atoms with Crippen molar-refractivity contribution in [3.8, 4) is 0 Å². The summed E-state index contributed by atoms with van der Waals surface area (Å²) < 4.78 is 0. The van der Waals surface area contributed by atoms with Gasteiger partial charge in [-0.1, -0.05) is 13.0 Å². The summed E-state index contributed by atoms with van der Waals surface area (Å²) in [4.78, 5) is 7.07. The average Bonchev–Trinajstić information content (AvgIpc) is 2.39. The largest absolute Gasteiger partial charge is 0.355 e. The second-order valence-corrected chi connectivity index (χ2v) is 4.41. The maximum atomic E-state index is 4.68. The van der Waals surface area contributed by atoms with Crippen molar-refractivity contribution in [2.75, 3.05) is 25.0 Å². The molecule has 0 amide bonds. The van der Waals surface area contributed by atoms with E-state index in [1.165, 1.54) is 18.5 Å². The number of rotatable bonds is 3. The van der Waals surface area contributed by atoms with Crippen LogP contribution in [-0.4, -0.2) is 31.2 Å². The Kier molecular flexibility index (Phi) is 3.78. The van der Waals surface area contributed by atoms with Crippen LogP contribution in [0, 0.1) is 0 Å². The number of piperidine rings is 1. The zero-order valence-corrected chi connectivity index (χ0v) is 10.2. The van der Waals surface area contributed by atoms with Crippen LogP contribution >= 0.6 is 0 Å². The zero-order chi connectivity index (χ0) is 11.4. The Morgan fingerprint density at radius 3 is 3.12 bits per heavy atom. The molecule has 88 valence electrons. The highest BCUT2D eigenvalue weighted by molar-refractivity contribution is 5.40. The van der Waals surface area contributed by atoms with Gasteiger partial charge >= 0.3 is 0 Å². The number of anilines is 1. The Morgan fingerprint density at radius 1 is 1.50 bits per heavy atom. The Bertz CT molecular complexity index is 338. The van der Waals surface area contributed by atoms with Crippen molar-refractivity contribution in [1.29, 1.82) is 0 Å². The Hall–Kier alpha value is -1.09. The molecule has 3 nitrogen and oxygen atoms in total. The number of hydrogen-bond donors (Lipinski definition) is 1. The molecule has 2 rings (SSSR count). The smallest absolute Gasteiger partial charge is 0.128 e. The van der Waals surface area contributed by atoms with E-state index < -0.39 is 0 Å². The van der Waals surface area contributed by atoms with Crippen LogP contribution in [-0.2, 0) is 6.42 Å². The molecule has 1 aromatic rings. The van der Waals surface area contributed by atoms with Gasteiger partial charge in [-0.3, -0.25) is 0 Å². The first-order valence-corrected chi connectivity index (χ1v) is 6.21. The molecule has 0 saturated carbocycles. The third-order valence-electron chi connectivity index (χ3n) is 3.31. The monoisotopic (exact) mass is 219 g/mol. The number of pyridine rings is 1. The molecule has 0 unspecified atom stereocenters. The third-order valence-corrected chi connectivity index (χ3v) is 3.31. The van der Waals surface area contributed by atoms with Crippen molar-refractivity contribution < 1.29 is 0 Å². The van der Waals surface area contributed by atoms with Gasteiger partial charge < -0.3 is 10.2 Å². The minimum absolute atomic E-state index is 0.612. The van der Waals surface area contributed by atoms with Crippen LogP contribution in [0.1, 0.15) is 25.5 Å². The summed E-state index contributed by atoms with van der Waals surface area (Å²) in [5.74, 6) is 1.14. The Labute approximate surface area is 97.9 Å². The maximum Gasteiger partial charge on any atom is 0.128 e. The van der Waals surface area contributed by atoms with Crippen molar-refractivity contribution >= 4 is 5.82 Å². The average molecular weight is 219 g/mol. The molecule has 1 aromatic heterocycles. The van der Waals surface area contributed by atoms with Crippen molar-refractivity contribution in [2.24, 2.45) is 0 Å². The summed E-state index contributed by atoms with van der Waals surface area (Å²) >= 11 is 0. The third kappa shape index (κ3) is 2.53. The maximum absolute atomic E-state index is 4.68. The van der Waals surface area contributed by atoms with E-state index in [1.807, 2.05) is 7.05 Å². The normalized spacial score (nSPS) is 21.1. The van der Waals surface area contributed by atoms with Crippen LogP contribution in [0.2, 0.25) is 0 Å². The summed E-state index contributed by atoms with van der Waals surface area (Å²) in [5, 5.41) is 3.36. The van der Waals surface area contributed by atoms with Crippen LogP contribution in [0.5, 0.6) is 0 Å². The van der Waals surface area contributed by atoms with Gasteiger partial charge in [0.2, 0.25) is 0 Å². The molecule has 16 heavy (non-hydrogen) atoms. The highest BCUT2D eigenvalue weighted by Crippen LogP contribution is 2.18. The first-order valence-electron chi connectivity index (χ1n) is 6.21. The molecule has 1 aliphatic rings. The summed E-state index contributed by atoms with van der Waals surface area (Å²) in [6.45, 7) is 4.37. The molecule has 1 atom stereocenters. The molecule has 1 saturated heterocycles. The second-order valence-electron chi connectivity index (χ2n) is 4.41. The first kappa shape index (κ1) is 11.4. The van der Waals surface area contributed by atoms with Crippen LogP contribution in [0.25, 0.3) is 0 Å². The molecular formula is C13H21N3. The fourth-order valence-electron chi connectivity index (χ4n) is 2.26. The fourth-order valence-corrected chi connectivity index (χ4v) is 2.26. The fraction of sp³-hybridized carbons (Fsp3) is 0.615. The standard InChI is InChI=1S/C13H21N3/c1-3-11-6-4-8-13(15-11)16-9-5-7-12(10-16)14-2/h4,6,8,12,14H,3,5,7,9-10H2,1-2H3/t12-/m0/s1. The molecular weight excluding hydrogens is 198 g/mol. The van der Waals surface area contributed by atoms with E-state index in [9.17, 15) is 0 Å². The second kappa shape index (κ2) is 5.30. The number of likely N-dealkylation sites (N-methyl/N-ethyl adjacent to an activating group) is 1. The van der Waals surface area contributed by atoms with Gasteiger partial charge in [0.15, 0.2) is 0 Å². The molecule has 3 heteroatoms. The summed E-state index contributed by atoms with van der Waals surface area (Å²) in [6, 6.07) is 6.95. The molecule has 0 radical (unpaired) electrons. The summed E-state index contributed by atoms with van der Waals surface area (Å²) in [6.07, 6.45) is 3.54. The first-order chi connectivity index (χ1) is 7.83. The lowest BCUT2D eigenvalue weighted by Gasteiger charge is -2.33. The molecule has 0 aliphatic carbocycles. The highest BCUT2D eigenvalue weighted by Gasteiger charge is 2.19. The van der Waals surface area contributed by atoms with Gasteiger partial charge in [0.25, 0.3) is 0 Å². The predicted octanol–water partition coefficient (Wildman–Crippen LogP) is 1.83. The molecule has 0 aromatic carbocycles. The van der Waals surface area contributed by atoms with Crippen LogP contribution < -0.4 is 10.2 Å². The molecule has 0 spiro atoms. The van der Waals surface area contributed by atoms with Crippen molar-refractivity contribution in [3.05, 3.63) is 23.9 Å². The van der Waals surface area contributed by atoms with E-state index >= 15 is 0 Å². The molecule has 1 aliphatic heterocycles. The molecule has 0 bridgehead atoms. The number of nitrogens with zero attached hydrogens (tertiary/aromatic N) is 2. The van der Waals surface area contributed by atoms with Gasteiger partial charge in [-0.25, -0.2) is 4.98 Å². The summed E-state index contributed by atoms with van der Waals surface area (Å²) in [5.41, 5.74) is 1.18. The van der Waals surface area contributed by atoms with E-state index in [0.29, 0.717) is 6.04 Å². The molecule has 1 fully saturated rings. The van der Waals surface area contributed by atoms with E-state index in [1.54, 1.807) is 0 Å². The number of nitrogens with one attached hydrogen (secondary N) is 1.